The van der Waals surface area contributed by atoms with Gasteiger partial charge in [0.05, 0.1) is 17.2 Å². The molecule has 4 rings (SSSR count). The number of rotatable bonds is 4. The molecule has 0 unspecified atom stereocenters. The van der Waals surface area contributed by atoms with Crippen LogP contribution in [0.15, 0.2) is 72.9 Å². The lowest BCUT2D eigenvalue weighted by Crippen LogP contribution is -1.97. The maximum absolute atomic E-state index is 13.2. The van der Waals surface area contributed by atoms with Crippen molar-refractivity contribution < 1.29 is 4.39 Å². The summed E-state index contributed by atoms with van der Waals surface area (Å²) in [6.45, 7) is 2.60. The van der Waals surface area contributed by atoms with E-state index in [4.69, 9.17) is 11.6 Å². The van der Waals surface area contributed by atoms with Gasteiger partial charge in [-0.2, -0.15) is 5.26 Å². The smallest absolute Gasteiger partial charge is 0.123 e. The van der Waals surface area contributed by atoms with E-state index in [1.807, 2.05) is 61.7 Å². The van der Waals surface area contributed by atoms with Crippen LogP contribution in [0.3, 0.4) is 0 Å². The molecule has 2 nitrogen and oxygen atoms in total. The van der Waals surface area contributed by atoms with E-state index in [1.165, 1.54) is 12.1 Å². The summed E-state index contributed by atoms with van der Waals surface area (Å²) in [7, 11) is 0. The fourth-order valence-electron chi connectivity index (χ4n) is 3.39. The summed E-state index contributed by atoms with van der Waals surface area (Å²) >= 11 is 6.24. The largest absolute Gasteiger partial charge is 0.342 e. The molecular formula is C25H18ClFN2. The lowest BCUT2D eigenvalue weighted by Gasteiger charge is -2.06. The third kappa shape index (κ3) is 4.08. The second-order valence-corrected chi connectivity index (χ2v) is 7.47. The number of aromatic nitrogens is 1. The molecule has 0 aliphatic carbocycles. The Morgan fingerprint density at radius 1 is 1.07 bits per heavy atom. The average molecular weight is 401 g/mol. The van der Waals surface area contributed by atoms with Crippen LogP contribution >= 0.6 is 11.6 Å². The van der Waals surface area contributed by atoms with Gasteiger partial charge in [0.25, 0.3) is 0 Å². The molecule has 1 heterocycles. The highest BCUT2D eigenvalue weighted by Crippen LogP contribution is 2.29. The van der Waals surface area contributed by atoms with Crippen molar-refractivity contribution in [3.63, 3.8) is 0 Å². The molecule has 142 valence electrons. The van der Waals surface area contributed by atoms with E-state index < -0.39 is 0 Å². The highest BCUT2D eigenvalue weighted by atomic mass is 35.5. The minimum atomic E-state index is -0.255. The Morgan fingerprint density at radius 3 is 2.48 bits per heavy atom. The maximum Gasteiger partial charge on any atom is 0.123 e. The van der Waals surface area contributed by atoms with Crippen molar-refractivity contribution in [2.45, 2.75) is 13.5 Å². The van der Waals surface area contributed by atoms with E-state index in [1.54, 1.807) is 12.1 Å². The number of hydrogen-bond donors (Lipinski definition) is 0. The number of halogens is 2. The number of nitriles is 1. The van der Waals surface area contributed by atoms with Gasteiger partial charge in [-0.15, -0.1) is 0 Å². The molecule has 3 aromatic carbocycles. The highest BCUT2D eigenvalue weighted by molar-refractivity contribution is 6.31. The van der Waals surface area contributed by atoms with Crippen molar-refractivity contribution in [1.29, 1.82) is 5.26 Å². The first-order chi connectivity index (χ1) is 14.0. The molecule has 0 aliphatic heterocycles. The Morgan fingerprint density at radius 2 is 1.79 bits per heavy atom. The monoisotopic (exact) mass is 400 g/mol. The zero-order valence-electron chi connectivity index (χ0n) is 15.9. The van der Waals surface area contributed by atoms with Crippen LogP contribution in [0.1, 0.15) is 22.3 Å². The Balaban J connectivity index is 1.81. The predicted molar refractivity (Wildman–Crippen MR) is 117 cm³/mol. The first-order valence-corrected chi connectivity index (χ1v) is 9.63. The third-order valence-corrected chi connectivity index (χ3v) is 5.16. The van der Waals surface area contributed by atoms with Gasteiger partial charge in [0, 0.05) is 28.7 Å². The second-order valence-electron chi connectivity index (χ2n) is 7.04. The summed E-state index contributed by atoms with van der Waals surface area (Å²) in [5.74, 6) is -0.255. The van der Waals surface area contributed by atoms with E-state index >= 15 is 0 Å². The highest BCUT2D eigenvalue weighted by Gasteiger charge is 2.10. The van der Waals surface area contributed by atoms with E-state index in [-0.39, 0.29) is 5.82 Å². The summed E-state index contributed by atoms with van der Waals surface area (Å²) in [5.41, 5.74) is 5.52. The van der Waals surface area contributed by atoms with Gasteiger partial charge in [-0.05, 0) is 48.4 Å². The Labute approximate surface area is 174 Å². The van der Waals surface area contributed by atoms with E-state index in [0.717, 1.165) is 33.2 Å². The predicted octanol–water partition coefficient (Wildman–Crippen LogP) is 6.85. The van der Waals surface area contributed by atoms with E-state index in [0.29, 0.717) is 17.1 Å². The summed E-state index contributed by atoms with van der Waals surface area (Å²) in [5, 5.41) is 11.4. The van der Waals surface area contributed by atoms with Crippen LogP contribution in [-0.2, 0) is 6.54 Å². The third-order valence-electron chi connectivity index (χ3n) is 4.92. The topological polar surface area (TPSA) is 28.7 Å². The van der Waals surface area contributed by atoms with Crippen LogP contribution in [0, 0.1) is 24.1 Å². The van der Waals surface area contributed by atoms with E-state index in [2.05, 4.69) is 10.6 Å². The number of hydrogen-bond acceptors (Lipinski definition) is 1. The quantitative estimate of drug-likeness (QED) is 0.344. The van der Waals surface area contributed by atoms with Gasteiger partial charge >= 0.3 is 0 Å². The normalized spacial score (nSPS) is 11.6. The number of fused-ring (bicyclic) bond motifs is 1. The van der Waals surface area contributed by atoms with Gasteiger partial charge in [-0.3, -0.25) is 0 Å². The van der Waals surface area contributed by atoms with Crippen LogP contribution < -0.4 is 0 Å². The SMILES string of the molecule is Cc1ccc(/C(C#N)=C/c2cn(Cc3ccc(F)cc3)c3cc(Cl)ccc23)cc1. The number of aryl methyl sites for hydroxylation is 1. The maximum atomic E-state index is 13.2. The molecular weight excluding hydrogens is 383 g/mol. The van der Waals surface area contributed by atoms with Gasteiger partial charge in [0.1, 0.15) is 5.82 Å². The van der Waals surface area contributed by atoms with Crippen LogP contribution in [0.25, 0.3) is 22.6 Å². The molecule has 4 heteroatoms. The summed E-state index contributed by atoms with van der Waals surface area (Å²) in [6, 6.07) is 22.4. The number of nitrogens with zero attached hydrogens (tertiary/aromatic N) is 2. The van der Waals surface area contributed by atoms with Crippen LogP contribution in [0.4, 0.5) is 4.39 Å². The minimum Gasteiger partial charge on any atom is -0.342 e. The van der Waals surface area contributed by atoms with Crippen molar-refractivity contribution in [3.8, 4) is 6.07 Å². The first-order valence-electron chi connectivity index (χ1n) is 9.25. The molecule has 0 spiro atoms. The van der Waals surface area contributed by atoms with Crippen molar-refractivity contribution in [2.75, 3.05) is 0 Å². The zero-order chi connectivity index (χ0) is 20.4. The molecule has 0 aliphatic rings. The van der Waals surface area contributed by atoms with Crippen LogP contribution in [0.5, 0.6) is 0 Å². The lowest BCUT2D eigenvalue weighted by molar-refractivity contribution is 0.626. The lowest BCUT2D eigenvalue weighted by atomic mass is 10.0. The Kier molecular flexibility index (Phi) is 5.20. The van der Waals surface area contributed by atoms with Crippen molar-refractivity contribution in [3.05, 3.63) is 106 Å². The molecule has 0 saturated heterocycles. The van der Waals surface area contributed by atoms with Gasteiger partial charge in [-0.1, -0.05) is 59.6 Å². The van der Waals surface area contributed by atoms with Gasteiger partial charge in [-0.25, -0.2) is 4.39 Å². The van der Waals surface area contributed by atoms with Crippen molar-refractivity contribution in [1.82, 2.24) is 4.57 Å². The molecule has 0 fully saturated rings. The average Bonchev–Trinajstić information content (AvgIpc) is 3.05. The molecule has 4 aromatic rings. The molecule has 1 aromatic heterocycles. The molecule has 0 bridgehead atoms. The minimum absolute atomic E-state index is 0.255. The standard InChI is InChI=1S/C25H18ClFN2/c1-17-2-6-19(7-3-17)20(14-28)12-21-16-29(15-18-4-9-23(27)10-5-18)25-13-22(26)8-11-24(21)25/h2-13,16H,15H2,1H3/b20-12+. The summed E-state index contributed by atoms with van der Waals surface area (Å²) in [6.07, 6.45) is 3.91. The number of allylic oxidation sites excluding steroid dienone is 1. The van der Waals surface area contributed by atoms with Crippen molar-refractivity contribution >= 4 is 34.2 Å². The second kappa shape index (κ2) is 7.95. The van der Waals surface area contributed by atoms with Gasteiger partial charge < -0.3 is 4.57 Å². The molecule has 29 heavy (non-hydrogen) atoms. The molecule has 0 atom stereocenters. The summed E-state index contributed by atoms with van der Waals surface area (Å²) < 4.78 is 15.3. The molecule has 0 saturated carbocycles. The van der Waals surface area contributed by atoms with Gasteiger partial charge in [0.2, 0.25) is 0 Å². The fourth-order valence-corrected chi connectivity index (χ4v) is 3.56. The van der Waals surface area contributed by atoms with Gasteiger partial charge in [0.15, 0.2) is 0 Å². The zero-order valence-corrected chi connectivity index (χ0v) is 16.6. The first kappa shape index (κ1) is 19.0. The molecule has 0 N–H and O–H groups in total. The summed E-state index contributed by atoms with van der Waals surface area (Å²) in [4.78, 5) is 0. The van der Waals surface area contributed by atoms with E-state index in [9.17, 15) is 9.65 Å². The molecule has 0 amide bonds. The van der Waals surface area contributed by atoms with Crippen LogP contribution in [-0.4, -0.2) is 4.57 Å². The van der Waals surface area contributed by atoms with Crippen molar-refractivity contribution in [2.24, 2.45) is 0 Å². The molecule has 0 radical (unpaired) electrons. The Hall–Kier alpha value is -3.35. The Bertz CT molecular complexity index is 1240. The number of benzene rings is 3. The fraction of sp³-hybridized carbons (Fsp3) is 0.0800. The van der Waals surface area contributed by atoms with Crippen LogP contribution in [0.2, 0.25) is 5.02 Å².